The van der Waals surface area contributed by atoms with E-state index in [0.29, 0.717) is 5.69 Å². The highest BCUT2D eigenvalue weighted by Crippen LogP contribution is 2.34. The van der Waals surface area contributed by atoms with Gasteiger partial charge in [0, 0.05) is 22.7 Å². The largest absolute Gasteiger partial charge is 0.481 e. The van der Waals surface area contributed by atoms with Crippen LogP contribution in [0.1, 0.15) is 6.42 Å². The minimum absolute atomic E-state index is 0.172. The van der Waals surface area contributed by atoms with Crippen LogP contribution in [-0.2, 0) is 9.53 Å². The van der Waals surface area contributed by atoms with Gasteiger partial charge in [0.1, 0.15) is 6.61 Å². The van der Waals surface area contributed by atoms with Crippen LogP contribution in [0.2, 0.25) is 0 Å². The minimum Gasteiger partial charge on any atom is -0.481 e. The number of amides is 1. The maximum Gasteiger partial charge on any atom is 0.411 e. The lowest BCUT2D eigenvalue weighted by Gasteiger charge is -2.25. The third-order valence-corrected chi connectivity index (χ3v) is 3.95. The van der Waals surface area contributed by atoms with Crippen LogP contribution in [0.3, 0.4) is 0 Å². The summed E-state index contributed by atoms with van der Waals surface area (Å²) < 4.78 is 4.83. The van der Waals surface area contributed by atoms with Gasteiger partial charge in [-0.15, -0.1) is 0 Å². The van der Waals surface area contributed by atoms with Crippen molar-refractivity contribution >= 4 is 34.8 Å². The van der Waals surface area contributed by atoms with Gasteiger partial charge in [0.2, 0.25) is 0 Å². The Morgan fingerprint density at radius 3 is 1.79 bits per heavy atom. The molecule has 3 aromatic rings. The van der Waals surface area contributed by atoms with Crippen LogP contribution in [0.5, 0.6) is 0 Å². The fourth-order valence-corrected chi connectivity index (χ4v) is 2.68. The molecule has 6 nitrogen and oxygen atoms in total. The summed E-state index contributed by atoms with van der Waals surface area (Å²) in [6.45, 7) is -0.172. The quantitative estimate of drug-likeness (QED) is 0.594. The summed E-state index contributed by atoms with van der Waals surface area (Å²) in [4.78, 5) is 24.3. The fraction of sp³-hybridized carbons (Fsp3) is 0.0909. The van der Waals surface area contributed by atoms with Gasteiger partial charge in [0.05, 0.1) is 6.42 Å². The van der Waals surface area contributed by atoms with Crippen molar-refractivity contribution in [2.24, 2.45) is 0 Å². The van der Waals surface area contributed by atoms with E-state index in [1.54, 1.807) is 12.1 Å². The molecule has 28 heavy (non-hydrogen) atoms. The Kier molecular flexibility index (Phi) is 6.25. The Balaban J connectivity index is 1.76. The van der Waals surface area contributed by atoms with E-state index in [2.05, 4.69) is 10.2 Å². The maximum atomic E-state index is 11.7. The highest BCUT2D eigenvalue weighted by molar-refractivity contribution is 5.86. The Morgan fingerprint density at radius 2 is 1.29 bits per heavy atom. The number of benzene rings is 3. The molecule has 0 aliphatic heterocycles. The number of aliphatic carboxylic acids is 1. The molecule has 0 heterocycles. The summed E-state index contributed by atoms with van der Waals surface area (Å²) in [7, 11) is 0. The first-order valence-electron chi connectivity index (χ1n) is 8.79. The number of anilines is 4. The summed E-state index contributed by atoms with van der Waals surface area (Å²) in [6, 6.07) is 27.3. The number of carbonyl (C=O) groups excluding carboxylic acids is 1. The van der Waals surface area contributed by atoms with Crippen molar-refractivity contribution in [2.75, 3.05) is 16.8 Å². The van der Waals surface area contributed by atoms with Gasteiger partial charge in [0.25, 0.3) is 0 Å². The molecule has 0 saturated heterocycles. The molecule has 0 aliphatic carbocycles. The van der Waals surface area contributed by atoms with Gasteiger partial charge in [-0.25, -0.2) is 4.79 Å². The zero-order valence-corrected chi connectivity index (χ0v) is 15.1. The summed E-state index contributed by atoms with van der Waals surface area (Å²) in [5.74, 6) is -1.01. The summed E-state index contributed by atoms with van der Waals surface area (Å²) >= 11 is 0. The lowest BCUT2D eigenvalue weighted by Crippen LogP contribution is -2.16. The zero-order chi connectivity index (χ0) is 19.8. The van der Waals surface area contributed by atoms with E-state index in [1.807, 2.05) is 72.8 Å². The molecule has 0 aliphatic rings. The molecular weight excluding hydrogens is 356 g/mol. The molecule has 6 heteroatoms. The molecule has 2 N–H and O–H groups in total. The first-order valence-corrected chi connectivity index (χ1v) is 8.79. The number of para-hydroxylation sites is 2. The van der Waals surface area contributed by atoms with Crippen LogP contribution in [0.25, 0.3) is 0 Å². The number of hydrogen-bond acceptors (Lipinski definition) is 4. The Hall–Kier alpha value is -3.80. The zero-order valence-electron chi connectivity index (χ0n) is 15.1. The highest BCUT2D eigenvalue weighted by Gasteiger charge is 2.12. The molecule has 0 unspecified atom stereocenters. The molecule has 0 atom stereocenters. The van der Waals surface area contributed by atoms with Gasteiger partial charge in [-0.05, 0) is 48.5 Å². The second kappa shape index (κ2) is 9.23. The number of nitrogens with zero attached hydrogens (tertiary/aromatic N) is 1. The van der Waals surface area contributed by atoms with E-state index in [9.17, 15) is 9.59 Å². The van der Waals surface area contributed by atoms with E-state index in [1.165, 1.54) is 0 Å². The monoisotopic (exact) mass is 376 g/mol. The summed E-state index contributed by atoms with van der Waals surface area (Å²) in [5.41, 5.74) is 3.53. The number of rotatable bonds is 7. The van der Waals surface area contributed by atoms with E-state index in [4.69, 9.17) is 9.84 Å². The molecular formula is C22H20N2O4. The predicted molar refractivity (Wildman–Crippen MR) is 108 cm³/mol. The minimum atomic E-state index is -1.01. The van der Waals surface area contributed by atoms with Gasteiger partial charge in [0.15, 0.2) is 0 Å². The smallest absolute Gasteiger partial charge is 0.411 e. The van der Waals surface area contributed by atoms with Crippen LogP contribution in [0.15, 0.2) is 84.9 Å². The average molecular weight is 376 g/mol. The summed E-state index contributed by atoms with van der Waals surface area (Å²) in [6.07, 6.45) is -0.910. The van der Waals surface area contributed by atoms with Crippen molar-refractivity contribution in [1.82, 2.24) is 0 Å². The molecule has 0 aromatic heterocycles. The van der Waals surface area contributed by atoms with Crippen LogP contribution >= 0.6 is 0 Å². The second-order valence-electron chi connectivity index (χ2n) is 5.96. The Labute approximate surface area is 163 Å². The normalized spacial score (nSPS) is 10.1. The Bertz CT molecular complexity index is 873. The standard InChI is InChI=1S/C22H20N2O4/c25-21(26)15-16-28-22(27)23-17-11-13-20(14-12-17)24(18-7-3-1-4-8-18)19-9-5-2-6-10-19/h1-14H,15-16H2,(H,23,27)(H,25,26). The fourth-order valence-electron chi connectivity index (χ4n) is 2.68. The van der Waals surface area contributed by atoms with Crippen LogP contribution in [0.4, 0.5) is 27.5 Å². The molecule has 0 spiro atoms. The average Bonchev–Trinajstić information content (AvgIpc) is 2.71. The molecule has 3 rings (SSSR count). The van der Waals surface area contributed by atoms with Crippen molar-refractivity contribution < 1.29 is 19.4 Å². The van der Waals surface area contributed by atoms with Gasteiger partial charge < -0.3 is 14.7 Å². The van der Waals surface area contributed by atoms with E-state index >= 15 is 0 Å². The summed E-state index contributed by atoms with van der Waals surface area (Å²) in [5, 5.41) is 11.2. The maximum absolute atomic E-state index is 11.7. The number of hydrogen-bond donors (Lipinski definition) is 2. The number of carbonyl (C=O) groups is 2. The molecule has 1 amide bonds. The molecule has 0 saturated carbocycles. The molecule has 3 aromatic carbocycles. The topological polar surface area (TPSA) is 78.9 Å². The van der Waals surface area contributed by atoms with Crippen molar-refractivity contribution in [3.63, 3.8) is 0 Å². The Morgan fingerprint density at radius 1 is 0.786 bits per heavy atom. The number of carboxylic acid groups (broad SMARTS) is 1. The third kappa shape index (κ3) is 5.11. The second-order valence-corrected chi connectivity index (χ2v) is 5.96. The molecule has 0 bridgehead atoms. The van der Waals surface area contributed by atoms with Crippen molar-refractivity contribution in [3.05, 3.63) is 84.9 Å². The van der Waals surface area contributed by atoms with E-state index < -0.39 is 12.1 Å². The van der Waals surface area contributed by atoms with Crippen molar-refractivity contribution in [2.45, 2.75) is 6.42 Å². The van der Waals surface area contributed by atoms with Crippen LogP contribution in [-0.4, -0.2) is 23.8 Å². The molecule has 0 fully saturated rings. The van der Waals surface area contributed by atoms with Gasteiger partial charge in [-0.3, -0.25) is 10.1 Å². The van der Waals surface area contributed by atoms with Crippen molar-refractivity contribution in [3.8, 4) is 0 Å². The first-order chi connectivity index (χ1) is 13.6. The number of carboxylic acids is 1. The lowest BCUT2D eigenvalue weighted by molar-refractivity contribution is -0.137. The van der Waals surface area contributed by atoms with Crippen LogP contribution in [0, 0.1) is 0 Å². The lowest BCUT2D eigenvalue weighted by atomic mass is 10.2. The van der Waals surface area contributed by atoms with Gasteiger partial charge in [-0.2, -0.15) is 0 Å². The SMILES string of the molecule is O=C(O)CCOC(=O)Nc1ccc(N(c2ccccc2)c2ccccc2)cc1. The number of ether oxygens (including phenoxy) is 1. The van der Waals surface area contributed by atoms with Gasteiger partial charge in [-0.1, -0.05) is 36.4 Å². The van der Waals surface area contributed by atoms with Crippen LogP contribution < -0.4 is 10.2 Å². The first kappa shape index (κ1) is 19.0. The van der Waals surface area contributed by atoms with Crippen molar-refractivity contribution in [1.29, 1.82) is 0 Å². The van der Waals surface area contributed by atoms with Gasteiger partial charge >= 0.3 is 12.1 Å². The molecule has 142 valence electrons. The van der Waals surface area contributed by atoms with E-state index in [0.717, 1.165) is 17.1 Å². The molecule has 0 radical (unpaired) electrons. The van der Waals surface area contributed by atoms with E-state index in [-0.39, 0.29) is 13.0 Å². The predicted octanol–water partition coefficient (Wildman–Crippen LogP) is 5.18. The number of nitrogens with one attached hydrogen (secondary N) is 1. The third-order valence-electron chi connectivity index (χ3n) is 3.95. The highest BCUT2D eigenvalue weighted by atomic mass is 16.5.